The van der Waals surface area contributed by atoms with Crippen molar-refractivity contribution < 1.29 is 23.2 Å². The second-order valence-electron chi connectivity index (χ2n) is 7.21. The van der Waals surface area contributed by atoms with Crippen molar-refractivity contribution in [1.29, 1.82) is 0 Å². The van der Waals surface area contributed by atoms with E-state index in [0.29, 0.717) is 15.7 Å². The van der Waals surface area contributed by atoms with Gasteiger partial charge in [0.2, 0.25) is 0 Å². The molecule has 1 fully saturated rings. The van der Waals surface area contributed by atoms with Gasteiger partial charge in [0.15, 0.2) is 0 Å². The van der Waals surface area contributed by atoms with Crippen LogP contribution in [0.5, 0.6) is 0 Å². The summed E-state index contributed by atoms with van der Waals surface area (Å²) in [5.74, 6) is -1.33. The quantitative estimate of drug-likeness (QED) is 0.458. The molecule has 2 unspecified atom stereocenters. The van der Waals surface area contributed by atoms with Gasteiger partial charge in [-0.05, 0) is 51.8 Å². The van der Waals surface area contributed by atoms with Gasteiger partial charge in [-0.25, -0.2) is 9.18 Å². The highest BCUT2D eigenvalue weighted by Gasteiger charge is 2.32. The molecule has 1 heterocycles. The van der Waals surface area contributed by atoms with E-state index in [4.69, 9.17) is 4.74 Å². The standard InChI is InChI=1S/C21H31FN2O3/c1-5-24(11-9-7-8-10-12-24)16(4)20(25)23-19-15(3)13-17(22)14-18(19)21(26)27-6-2/h11,13-14,16H,5-10,12H2,1-4H3,(H,23,25). The molecule has 2 atom stereocenters. The van der Waals surface area contributed by atoms with E-state index in [0.717, 1.165) is 38.4 Å². The SMILES string of the molecule is CCOC(=O)c1cc(F)cc(C)c1NC(=O)C(C)[N+]1(CC)[CH-]CCCCC1. The van der Waals surface area contributed by atoms with Crippen LogP contribution >= 0.6 is 0 Å². The Morgan fingerprint density at radius 1 is 1.30 bits per heavy atom. The summed E-state index contributed by atoms with van der Waals surface area (Å²) < 4.78 is 19.5. The van der Waals surface area contributed by atoms with Crippen LogP contribution in [-0.2, 0) is 9.53 Å². The Morgan fingerprint density at radius 2 is 2.04 bits per heavy atom. The summed E-state index contributed by atoms with van der Waals surface area (Å²) in [4.78, 5) is 25.3. The lowest BCUT2D eigenvalue weighted by atomic mass is 10.1. The van der Waals surface area contributed by atoms with Gasteiger partial charge in [0.1, 0.15) is 11.9 Å². The molecule has 1 amide bonds. The number of quaternary nitrogens is 1. The number of amides is 1. The van der Waals surface area contributed by atoms with Crippen LogP contribution in [0.25, 0.3) is 0 Å². The molecule has 0 saturated carbocycles. The van der Waals surface area contributed by atoms with Gasteiger partial charge in [-0.3, -0.25) is 4.79 Å². The van der Waals surface area contributed by atoms with E-state index >= 15 is 0 Å². The molecule has 6 heteroatoms. The first kappa shape index (κ1) is 21.4. The number of benzene rings is 1. The Labute approximate surface area is 161 Å². The average Bonchev–Trinajstić information content (AvgIpc) is 2.89. The molecule has 1 aliphatic rings. The van der Waals surface area contributed by atoms with Gasteiger partial charge in [-0.1, -0.05) is 12.8 Å². The third-order valence-corrected chi connectivity index (χ3v) is 5.55. The van der Waals surface area contributed by atoms with Crippen LogP contribution in [-0.4, -0.2) is 42.1 Å². The molecule has 0 spiro atoms. The van der Waals surface area contributed by atoms with E-state index in [1.807, 2.05) is 6.92 Å². The monoisotopic (exact) mass is 378 g/mol. The summed E-state index contributed by atoms with van der Waals surface area (Å²) in [6, 6.07) is 2.13. The number of halogens is 1. The van der Waals surface area contributed by atoms with Crippen molar-refractivity contribution >= 4 is 17.6 Å². The summed E-state index contributed by atoms with van der Waals surface area (Å²) >= 11 is 0. The van der Waals surface area contributed by atoms with Crippen LogP contribution in [0.2, 0.25) is 0 Å². The fourth-order valence-corrected chi connectivity index (χ4v) is 3.82. The minimum absolute atomic E-state index is 0.0535. The minimum atomic E-state index is -0.635. The number of likely N-dealkylation sites (tertiary alicyclic amines) is 1. The van der Waals surface area contributed by atoms with Gasteiger partial charge >= 0.3 is 5.97 Å². The van der Waals surface area contributed by atoms with Crippen LogP contribution in [0.1, 0.15) is 62.4 Å². The van der Waals surface area contributed by atoms with Crippen molar-refractivity contribution in [3.05, 3.63) is 35.6 Å². The molecule has 2 rings (SSSR count). The topological polar surface area (TPSA) is 55.4 Å². The zero-order chi connectivity index (χ0) is 20.0. The lowest BCUT2D eigenvalue weighted by Gasteiger charge is -2.50. The first-order valence-corrected chi connectivity index (χ1v) is 9.83. The zero-order valence-electron chi connectivity index (χ0n) is 16.8. The molecule has 1 aromatic carbocycles. The van der Waals surface area contributed by atoms with Crippen molar-refractivity contribution in [3.63, 3.8) is 0 Å². The Balaban J connectivity index is 2.29. The van der Waals surface area contributed by atoms with Crippen LogP contribution in [0, 0.1) is 19.3 Å². The molecule has 0 aliphatic carbocycles. The van der Waals surface area contributed by atoms with Crippen LogP contribution in [0.3, 0.4) is 0 Å². The van der Waals surface area contributed by atoms with E-state index in [1.54, 1.807) is 13.8 Å². The molecule has 27 heavy (non-hydrogen) atoms. The Bertz CT molecular complexity index is 682. The molecule has 1 aromatic rings. The summed E-state index contributed by atoms with van der Waals surface area (Å²) in [5, 5.41) is 2.88. The van der Waals surface area contributed by atoms with Gasteiger partial charge in [-0.2, -0.15) is 0 Å². The van der Waals surface area contributed by atoms with Crippen LogP contribution in [0.4, 0.5) is 10.1 Å². The van der Waals surface area contributed by atoms with Gasteiger partial charge in [0.25, 0.3) is 5.91 Å². The van der Waals surface area contributed by atoms with Crippen LogP contribution < -0.4 is 5.32 Å². The van der Waals surface area contributed by atoms with Crippen molar-refractivity contribution in [2.75, 3.05) is 25.0 Å². The number of carbonyl (C=O) groups excluding carboxylic acids is 2. The van der Waals surface area contributed by atoms with E-state index < -0.39 is 11.8 Å². The maximum atomic E-state index is 13.8. The molecule has 150 valence electrons. The second kappa shape index (κ2) is 9.31. The van der Waals surface area contributed by atoms with E-state index in [2.05, 4.69) is 18.8 Å². The number of aryl methyl sites for hydroxylation is 1. The second-order valence-corrected chi connectivity index (χ2v) is 7.21. The molecule has 0 radical (unpaired) electrons. The maximum Gasteiger partial charge on any atom is 0.340 e. The normalized spacial score (nSPS) is 21.2. The highest BCUT2D eigenvalue weighted by molar-refractivity contribution is 6.03. The Kier molecular flexibility index (Phi) is 7.36. The van der Waals surface area contributed by atoms with Gasteiger partial charge in [0.05, 0.1) is 30.9 Å². The average molecular weight is 378 g/mol. The number of hydrogen-bond donors (Lipinski definition) is 1. The molecular formula is C21H31FN2O3. The predicted molar refractivity (Wildman–Crippen MR) is 104 cm³/mol. The molecule has 1 N–H and O–H groups in total. The Hall–Kier alpha value is -1.95. The summed E-state index contributed by atoms with van der Waals surface area (Å²) in [6.45, 7) is 11.6. The van der Waals surface area contributed by atoms with E-state index in [9.17, 15) is 14.0 Å². The fourth-order valence-electron chi connectivity index (χ4n) is 3.82. The van der Waals surface area contributed by atoms with Crippen molar-refractivity contribution in [2.45, 2.75) is 59.4 Å². The molecule has 1 saturated heterocycles. The molecular weight excluding hydrogens is 347 g/mol. The number of anilines is 1. The molecule has 5 nitrogen and oxygen atoms in total. The highest BCUT2D eigenvalue weighted by atomic mass is 19.1. The number of rotatable bonds is 6. The predicted octanol–water partition coefficient (Wildman–Crippen LogP) is 4.21. The van der Waals surface area contributed by atoms with Crippen molar-refractivity contribution in [3.8, 4) is 0 Å². The minimum Gasteiger partial charge on any atom is -0.462 e. The number of esters is 1. The number of carbonyl (C=O) groups is 2. The third-order valence-electron chi connectivity index (χ3n) is 5.55. The Morgan fingerprint density at radius 3 is 2.70 bits per heavy atom. The number of ether oxygens (including phenoxy) is 1. The first-order valence-electron chi connectivity index (χ1n) is 9.83. The first-order chi connectivity index (χ1) is 12.8. The summed E-state index contributed by atoms with van der Waals surface area (Å²) in [5.41, 5.74) is 0.884. The summed E-state index contributed by atoms with van der Waals surface area (Å²) in [6.07, 6.45) is 4.41. The summed E-state index contributed by atoms with van der Waals surface area (Å²) in [7, 11) is 0. The van der Waals surface area contributed by atoms with Crippen molar-refractivity contribution in [2.24, 2.45) is 0 Å². The van der Waals surface area contributed by atoms with Crippen LogP contribution in [0.15, 0.2) is 12.1 Å². The highest BCUT2D eigenvalue weighted by Crippen LogP contribution is 2.28. The molecule has 1 aliphatic heterocycles. The zero-order valence-corrected chi connectivity index (χ0v) is 16.8. The third kappa shape index (κ3) is 4.86. The number of hydrogen-bond acceptors (Lipinski definition) is 3. The smallest absolute Gasteiger partial charge is 0.340 e. The van der Waals surface area contributed by atoms with Crippen molar-refractivity contribution in [1.82, 2.24) is 0 Å². The lowest BCUT2D eigenvalue weighted by molar-refractivity contribution is -0.911. The van der Waals surface area contributed by atoms with Gasteiger partial charge < -0.3 is 14.5 Å². The number of nitrogens with one attached hydrogen (secondary N) is 1. The van der Waals surface area contributed by atoms with Gasteiger partial charge in [0, 0.05) is 0 Å². The largest absolute Gasteiger partial charge is 0.462 e. The van der Waals surface area contributed by atoms with E-state index in [-0.39, 0.29) is 24.1 Å². The lowest BCUT2D eigenvalue weighted by Crippen LogP contribution is -2.56. The number of likely N-dealkylation sites (N-methyl/N-ethyl adjacent to an activating group) is 1. The number of nitrogens with zero attached hydrogens (tertiary/aromatic N) is 1. The van der Waals surface area contributed by atoms with Gasteiger partial charge in [-0.15, -0.1) is 13.0 Å². The molecule has 0 bridgehead atoms. The van der Waals surface area contributed by atoms with E-state index in [1.165, 1.54) is 12.5 Å². The molecule has 0 aromatic heterocycles. The maximum absolute atomic E-state index is 13.8. The fraction of sp³-hybridized carbons (Fsp3) is 0.571.